The third-order valence-electron chi connectivity index (χ3n) is 6.65. The van der Waals surface area contributed by atoms with E-state index in [0.29, 0.717) is 16.8 Å². The number of nitrogens with one attached hydrogen (secondary N) is 2. The van der Waals surface area contributed by atoms with Crippen molar-refractivity contribution in [2.75, 3.05) is 17.7 Å². The van der Waals surface area contributed by atoms with Crippen molar-refractivity contribution in [3.8, 4) is 11.1 Å². The number of carbonyl (C=O) groups excluding carboxylic acids is 3. The van der Waals surface area contributed by atoms with Crippen molar-refractivity contribution in [3.63, 3.8) is 0 Å². The number of benzene rings is 3. The summed E-state index contributed by atoms with van der Waals surface area (Å²) in [5.74, 6) is -3.87. The number of aliphatic hydroxyl groups is 1. The number of hydrogen-bond donors (Lipinski definition) is 3. The number of hydroxylamine groups is 2. The molecule has 2 atom stereocenters. The summed E-state index contributed by atoms with van der Waals surface area (Å²) >= 11 is 0. The predicted octanol–water partition coefficient (Wildman–Crippen LogP) is 6.30. The molecule has 43 heavy (non-hydrogen) atoms. The quantitative estimate of drug-likeness (QED) is 0.206. The Hall–Kier alpha value is -4.35. The highest BCUT2D eigenvalue weighted by molar-refractivity contribution is 6.06. The van der Waals surface area contributed by atoms with Crippen LogP contribution >= 0.6 is 0 Å². The predicted molar refractivity (Wildman–Crippen MR) is 160 cm³/mol. The van der Waals surface area contributed by atoms with Crippen molar-refractivity contribution in [1.29, 1.82) is 0 Å². The Kier molecular flexibility index (Phi) is 10.3. The normalized spacial score (nSPS) is 12.8. The smallest absolute Gasteiger partial charge is 0.359 e. The number of halogens is 2. The second kappa shape index (κ2) is 13.3. The van der Waals surface area contributed by atoms with Crippen LogP contribution in [-0.2, 0) is 14.4 Å². The summed E-state index contributed by atoms with van der Waals surface area (Å²) in [5, 5.41) is 16.9. The molecule has 9 nitrogen and oxygen atoms in total. The lowest BCUT2D eigenvalue weighted by Gasteiger charge is -2.39. The van der Waals surface area contributed by atoms with Crippen LogP contribution in [0.2, 0.25) is 0 Å². The number of hydrogen-bond acceptors (Lipinski definition) is 7. The minimum absolute atomic E-state index is 0.00678. The Balaban J connectivity index is 2.06. The van der Waals surface area contributed by atoms with Crippen LogP contribution in [0.25, 0.3) is 11.1 Å². The van der Waals surface area contributed by atoms with Crippen molar-refractivity contribution in [2.45, 2.75) is 66.2 Å². The number of aryl methyl sites for hydroxylation is 3. The molecule has 0 spiro atoms. The maximum Gasteiger partial charge on any atom is 0.359 e. The number of carbonyl (C=O) groups is 3. The molecule has 3 rings (SSSR count). The van der Waals surface area contributed by atoms with Gasteiger partial charge in [-0.25, -0.2) is 18.4 Å². The molecule has 3 N–H and O–H groups in total. The molecule has 0 aliphatic heterocycles. The van der Waals surface area contributed by atoms with Gasteiger partial charge in [0.15, 0.2) is 17.7 Å². The number of amides is 2. The largest absolute Gasteiger partial charge is 0.468 e. The van der Waals surface area contributed by atoms with Crippen LogP contribution in [0.15, 0.2) is 48.5 Å². The van der Waals surface area contributed by atoms with Crippen molar-refractivity contribution >= 4 is 29.3 Å². The summed E-state index contributed by atoms with van der Waals surface area (Å²) in [4.78, 5) is 45.0. The van der Waals surface area contributed by atoms with E-state index < -0.39 is 47.3 Å². The van der Waals surface area contributed by atoms with Gasteiger partial charge >= 0.3 is 18.0 Å². The van der Waals surface area contributed by atoms with E-state index in [4.69, 9.17) is 9.57 Å². The van der Waals surface area contributed by atoms with Crippen LogP contribution in [-0.4, -0.2) is 52.9 Å². The van der Waals surface area contributed by atoms with Gasteiger partial charge in [-0.05, 0) is 95.0 Å². The lowest BCUT2D eigenvalue weighted by atomic mass is 10.0. The Morgan fingerprint density at radius 3 is 2.00 bits per heavy atom. The first-order chi connectivity index (χ1) is 20.0. The highest BCUT2D eigenvalue weighted by Crippen LogP contribution is 2.30. The average molecular weight is 598 g/mol. The van der Waals surface area contributed by atoms with E-state index in [2.05, 4.69) is 10.6 Å². The molecule has 11 heteroatoms. The van der Waals surface area contributed by atoms with Gasteiger partial charge in [0.05, 0.1) is 24.5 Å². The van der Waals surface area contributed by atoms with Gasteiger partial charge in [-0.15, -0.1) is 5.06 Å². The number of nitrogens with zero attached hydrogens (tertiary/aromatic N) is 1. The molecule has 0 saturated heterocycles. The van der Waals surface area contributed by atoms with Crippen LogP contribution < -0.4 is 10.6 Å². The van der Waals surface area contributed by atoms with Crippen molar-refractivity contribution < 1.29 is 37.8 Å². The fourth-order valence-corrected chi connectivity index (χ4v) is 4.68. The number of urea groups is 1. The molecule has 3 aromatic carbocycles. The van der Waals surface area contributed by atoms with Crippen molar-refractivity contribution in [3.05, 3.63) is 82.4 Å². The number of methoxy groups -OCH3 is 1. The summed E-state index contributed by atoms with van der Waals surface area (Å²) < 4.78 is 32.5. The summed E-state index contributed by atoms with van der Waals surface area (Å²) in [6, 6.07) is 9.38. The fourth-order valence-electron chi connectivity index (χ4n) is 4.68. The fraction of sp³-hybridized carbons (Fsp3) is 0.344. The first-order valence-electron chi connectivity index (χ1n) is 13.6. The summed E-state index contributed by atoms with van der Waals surface area (Å²) in [7, 11) is 1.15. The molecule has 0 heterocycles. The molecule has 2 amide bonds. The average Bonchev–Trinajstić information content (AvgIpc) is 2.90. The first kappa shape index (κ1) is 33.2. The number of esters is 1. The van der Waals surface area contributed by atoms with Gasteiger partial charge in [0, 0.05) is 11.2 Å². The van der Waals surface area contributed by atoms with E-state index >= 15 is 0 Å². The van der Waals surface area contributed by atoms with Gasteiger partial charge in [0.1, 0.15) is 0 Å². The minimum atomic E-state index is -1.36. The molecular formula is C32H37F2N3O6. The van der Waals surface area contributed by atoms with Crippen LogP contribution in [0.5, 0.6) is 0 Å². The van der Waals surface area contributed by atoms with Gasteiger partial charge in [-0.1, -0.05) is 29.8 Å². The number of anilines is 2. The molecular weight excluding hydrogens is 560 g/mol. The van der Waals surface area contributed by atoms with Gasteiger partial charge in [0.2, 0.25) is 0 Å². The van der Waals surface area contributed by atoms with Crippen LogP contribution in [0.4, 0.5) is 25.0 Å². The Morgan fingerprint density at radius 1 is 0.884 bits per heavy atom. The van der Waals surface area contributed by atoms with Crippen LogP contribution in [0, 0.1) is 32.4 Å². The van der Waals surface area contributed by atoms with Crippen LogP contribution in [0.3, 0.4) is 0 Å². The van der Waals surface area contributed by atoms with Crippen LogP contribution in [0.1, 0.15) is 54.7 Å². The zero-order chi connectivity index (χ0) is 32.2. The van der Waals surface area contributed by atoms with Gasteiger partial charge in [-0.3, -0.25) is 4.79 Å². The van der Waals surface area contributed by atoms with Crippen molar-refractivity contribution in [2.24, 2.45) is 0 Å². The lowest BCUT2D eigenvalue weighted by molar-refractivity contribution is -0.217. The maximum atomic E-state index is 14.0. The van der Waals surface area contributed by atoms with E-state index in [-0.39, 0.29) is 11.3 Å². The zero-order valence-electron chi connectivity index (χ0n) is 25.5. The highest BCUT2D eigenvalue weighted by atomic mass is 19.2. The summed E-state index contributed by atoms with van der Waals surface area (Å²) in [6.07, 6.45) is -1.28. The van der Waals surface area contributed by atoms with E-state index in [0.717, 1.165) is 41.0 Å². The molecule has 0 aliphatic carbocycles. The van der Waals surface area contributed by atoms with Gasteiger partial charge < -0.3 is 25.3 Å². The number of aliphatic hydroxyl groups excluding tert-OH is 1. The van der Waals surface area contributed by atoms with Crippen molar-refractivity contribution in [1.82, 2.24) is 5.06 Å². The molecule has 230 valence electrons. The minimum Gasteiger partial charge on any atom is -0.468 e. The monoisotopic (exact) mass is 597 g/mol. The summed E-state index contributed by atoms with van der Waals surface area (Å²) in [6.45, 7) is 12.0. The van der Waals surface area contributed by atoms with E-state index in [9.17, 15) is 28.3 Å². The number of rotatable bonds is 8. The maximum absolute atomic E-state index is 14.0. The standard InChI is InChI=1S/C32H37F2N3O6/c1-17-13-18(2)27(19(3)14-17)36-31(41)35-26-16-22(21-10-12-24(33)25(34)15-21)9-11-23(26)29(39)43-37(32(5,6)7)28(20(4)38)30(40)42-8/h9-16,20,28,38H,1-8H3,(H2,35,36,41)/t20-,28+/m0/s1. The molecule has 0 saturated carbocycles. The third-order valence-corrected chi connectivity index (χ3v) is 6.65. The number of ether oxygens (including phenoxy) is 1. The van der Waals surface area contributed by atoms with Gasteiger partial charge in [0.25, 0.3) is 0 Å². The molecule has 0 aliphatic rings. The zero-order valence-corrected chi connectivity index (χ0v) is 25.5. The summed E-state index contributed by atoms with van der Waals surface area (Å²) in [5.41, 5.74) is 2.85. The molecule has 0 radical (unpaired) electrons. The second-order valence-electron chi connectivity index (χ2n) is 11.3. The molecule has 0 aromatic heterocycles. The highest BCUT2D eigenvalue weighted by Gasteiger charge is 2.41. The first-order valence-corrected chi connectivity index (χ1v) is 13.6. The lowest BCUT2D eigenvalue weighted by Crippen LogP contribution is -2.56. The van der Waals surface area contributed by atoms with Gasteiger partial charge in [-0.2, -0.15) is 0 Å². The topological polar surface area (TPSA) is 117 Å². The SMILES string of the molecule is COC(=O)[C@@H]([C@H](C)O)N(OC(=O)c1ccc(-c2ccc(F)c(F)c2)cc1NC(=O)Nc1c(C)cc(C)cc1C)C(C)(C)C. The van der Waals surface area contributed by atoms with E-state index in [1.807, 2.05) is 32.9 Å². The van der Waals surface area contributed by atoms with E-state index in [1.54, 1.807) is 20.8 Å². The Labute approximate surface area is 249 Å². The van der Waals surface area contributed by atoms with E-state index in [1.165, 1.54) is 31.2 Å². The molecule has 0 fully saturated rings. The molecule has 3 aromatic rings. The second-order valence-corrected chi connectivity index (χ2v) is 11.3. The molecule has 0 unspecified atom stereocenters. The Bertz CT molecular complexity index is 1510. The third kappa shape index (κ3) is 7.94. The molecule has 0 bridgehead atoms. The Morgan fingerprint density at radius 2 is 1.47 bits per heavy atom.